The molecule has 3 aromatic rings. The average Bonchev–Trinajstić information content (AvgIpc) is 3.14. The molecule has 134 valence electrons. The smallest absolute Gasteiger partial charge is 0.245 e. The summed E-state index contributed by atoms with van der Waals surface area (Å²) in [5.74, 6) is -0.195. The molecule has 0 saturated carbocycles. The third-order valence-electron chi connectivity index (χ3n) is 4.05. The number of aromatic nitrogens is 4. The van der Waals surface area contributed by atoms with Crippen molar-refractivity contribution in [3.63, 3.8) is 0 Å². The highest BCUT2D eigenvalue weighted by atomic mass is 35.5. The van der Waals surface area contributed by atoms with E-state index in [1.165, 1.54) is 11.0 Å². The second kappa shape index (κ2) is 8.29. The van der Waals surface area contributed by atoms with Crippen molar-refractivity contribution in [1.82, 2.24) is 25.5 Å². The molecule has 0 spiro atoms. The summed E-state index contributed by atoms with van der Waals surface area (Å²) in [5.41, 5.74) is 1.81. The first-order valence-electron chi connectivity index (χ1n) is 8.06. The highest BCUT2D eigenvalue weighted by Crippen LogP contribution is 2.26. The Kier molecular flexibility index (Phi) is 5.85. The van der Waals surface area contributed by atoms with Gasteiger partial charge in [-0.2, -0.15) is 0 Å². The van der Waals surface area contributed by atoms with Crippen LogP contribution in [-0.2, 0) is 11.2 Å². The molecule has 0 bridgehead atoms. The third-order valence-corrected chi connectivity index (χ3v) is 4.61. The second-order valence-electron chi connectivity index (χ2n) is 5.89. The van der Waals surface area contributed by atoms with E-state index < -0.39 is 6.04 Å². The molecular formula is C18H17Cl2N5O. The van der Waals surface area contributed by atoms with Gasteiger partial charge in [-0.15, -0.1) is 5.10 Å². The minimum atomic E-state index is -0.569. The van der Waals surface area contributed by atoms with Crippen LogP contribution in [0.3, 0.4) is 0 Å². The van der Waals surface area contributed by atoms with Gasteiger partial charge in [0.2, 0.25) is 5.91 Å². The van der Waals surface area contributed by atoms with Gasteiger partial charge in [-0.25, -0.2) is 4.68 Å². The molecule has 6 nitrogen and oxygen atoms in total. The molecule has 1 N–H and O–H groups in total. The molecule has 2 aromatic carbocycles. The van der Waals surface area contributed by atoms with Crippen LogP contribution in [0.4, 0.5) is 0 Å². The zero-order valence-electron chi connectivity index (χ0n) is 14.0. The van der Waals surface area contributed by atoms with Gasteiger partial charge in [0.05, 0.1) is 6.04 Å². The van der Waals surface area contributed by atoms with Gasteiger partial charge in [-0.1, -0.05) is 59.6 Å². The minimum Gasteiger partial charge on any atom is -0.348 e. The van der Waals surface area contributed by atoms with Gasteiger partial charge < -0.3 is 5.32 Å². The molecule has 8 heteroatoms. The normalized spacial score (nSPS) is 13.2. The van der Waals surface area contributed by atoms with Crippen LogP contribution in [-0.4, -0.2) is 26.1 Å². The van der Waals surface area contributed by atoms with Crippen LogP contribution >= 0.6 is 23.2 Å². The van der Waals surface area contributed by atoms with Crippen molar-refractivity contribution in [1.29, 1.82) is 0 Å². The van der Waals surface area contributed by atoms with Crippen LogP contribution in [0.2, 0.25) is 10.0 Å². The summed E-state index contributed by atoms with van der Waals surface area (Å²) in [6.07, 6.45) is 1.91. The number of nitrogens with zero attached hydrogens (tertiary/aromatic N) is 4. The lowest BCUT2D eigenvalue weighted by molar-refractivity contribution is -0.125. The number of carbonyl (C=O) groups is 1. The van der Waals surface area contributed by atoms with E-state index in [1.54, 1.807) is 18.2 Å². The van der Waals surface area contributed by atoms with E-state index in [4.69, 9.17) is 23.2 Å². The first-order valence-corrected chi connectivity index (χ1v) is 8.82. The lowest BCUT2D eigenvalue weighted by Gasteiger charge is -2.21. The predicted octanol–water partition coefficient (Wildman–Crippen LogP) is 3.64. The van der Waals surface area contributed by atoms with Crippen LogP contribution < -0.4 is 5.32 Å². The Morgan fingerprint density at radius 2 is 1.96 bits per heavy atom. The van der Waals surface area contributed by atoms with E-state index in [0.717, 1.165) is 11.1 Å². The molecule has 1 amide bonds. The lowest BCUT2D eigenvalue weighted by Crippen LogP contribution is -2.36. The van der Waals surface area contributed by atoms with Crippen LogP contribution in [0.15, 0.2) is 54.9 Å². The Hall–Kier alpha value is -2.44. The molecule has 0 aliphatic rings. The number of rotatable bonds is 6. The standard InChI is InChI=1S/C18H17Cl2N5O/c1-12(15-8-7-14(19)10-16(15)20)22-18(26)17(25-11-21-23-24-25)9-13-5-3-2-4-6-13/h2-8,10-12,17H,9H2,1H3,(H,22,26)/t12-,17-/m1/s1. The molecule has 1 aromatic heterocycles. The summed E-state index contributed by atoms with van der Waals surface area (Å²) in [7, 11) is 0. The average molecular weight is 390 g/mol. The first kappa shape index (κ1) is 18.4. The first-order chi connectivity index (χ1) is 12.5. The number of benzene rings is 2. The number of nitrogens with one attached hydrogen (secondary N) is 1. The summed E-state index contributed by atoms with van der Waals surface area (Å²) in [4.78, 5) is 12.9. The molecule has 26 heavy (non-hydrogen) atoms. The highest BCUT2D eigenvalue weighted by Gasteiger charge is 2.24. The number of tetrazole rings is 1. The Balaban J connectivity index is 1.79. The Bertz CT molecular complexity index is 871. The third kappa shape index (κ3) is 4.39. The number of carbonyl (C=O) groups excluding carboxylic acids is 1. The maximum absolute atomic E-state index is 12.9. The quantitative estimate of drug-likeness (QED) is 0.698. The summed E-state index contributed by atoms with van der Waals surface area (Å²) >= 11 is 12.2. The molecule has 3 rings (SSSR count). The molecule has 0 saturated heterocycles. The molecule has 0 unspecified atom stereocenters. The van der Waals surface area contributed by atoms with Crippen molar-refractivity contribution in [2.24, 2.45) is 0 Å². The maximum Gasteiger partial charge on any atom is 0.245 e. The molecular weight excluding hydrogens is 373 g/mol. The topological polar surface area (TPSA) is 72.7 Å². The SMILES string of the molecule is C[C@@H](NC(=O)[C@@H](Cc1ccccc1)n1cnnn1)c1ccc(Cl)cc1Cl. The van der Waals surface area contributed by atoms with Crippen molar-refractivity contribution in [3.8, 4) is 0 Å². The monoisotopic (exact) mass is 389 g/mol. The number of hydrogen-bond acceptors (Lipinski definition) is 4. The lowest BCUT2D eigenvalue weighted by atomic mass is 10.0. The largest absolute Gasteiger partial charge is 0.348 e. The van der Waals surface area contributed by atoms with Crippen molar-refractivity contribution in [2.75, 3.05) is 0 Å². The molecule has 2 atom stereocenters. The minimum absolute atomic E-state index is 0.195. The fourth-order valence-electron chi connectivity index (χ4n) is 2.69. The Morgan fingerprint density at radius 3 is 2.62 bits per heavy atom. The fraction of sp³-hybridized carbons (Fsp3) is 0.222. The van der Waals surface area contributed by atoms with Gasteiger partial charge in [0.25, 0.3) is 0 Å². The van der Waals surface area contributed by atoms with Gasteiger partial charge in [-0.05, 0) is 40.6 Å². The molecule has 0 fully saturated rings. The van der Waals surface area contributed by atoms with Gasteiger partial charge in [0, 0.05) is 16.5 Å². The van der Waals surface area contributed by atoms with E-state index in [9.17, 15) is 4.79 Å². The Morgan fingerprint density at radius 1 is 1.19 bits per heavy atom. The number of amides is 1. The summed E-state index contributed by atoms with van der Waals surface area (Å²) in [5, 5.41) is 15.2. The van der Waals surface area contributed by atoms with Crippen molar-refractivity contribution >= 4 is 29.1 Å². The maximum atomic E-state index is 12.9. The van der Waals surface area contributed by atoms with Gasteiger partial charge in [0.15, 0.2) is 0 Å². The van der Waals surface area contributed by atoms with Crippen LogP contribution in [0.5, 0.6) is 0 Å². The summed E-state index contributed by atoms with van der Waals surface area (Å²) in [6, 6.07) is 14.1. The number of halogens is 2. The summed E-state index contributed by atoms with van der Waals surface area (Å²) < 4.78 is 1.46. The molecule has 1 heterocycles. The van der Waals surface area contributed by atoms with Gasteiger partial charge >= 0.3 is 0 Å². The van der Waals surface area contributed by atoms with E-state index in [2.05, 4.69) is 20.8 Å². The van der Waals surface area contributed by atoms with E-state index in [-0.39, 0.29) is 11.9 Å². The predicted molar refractivity (Wildman–Crippen MR) is 100 cm³/mol. The Labute approximate surface area is 161 Å². The zero-order valence-corrected chi connectivity index (χ0v) is 15.5. The van der Waals surface area contributed by atoms with E-state index in [0.29, 0.717) is 16.5 Å². The van der Waals surface area contributed by atoms with Crippen LogP contribution in [0, 0.1) is 0 Å². The van der Waals surface area contributed by atoms with Crippen molar-refractivity contribution in [3.05, 3.63) is 76.0 Å². The summed E-state index contributed by atoms with van der Waals surface area (Å²) in [6.45, 7) is 1.87. The van der Waals surface area contributed by atoms with E-state index >= 15 is 0 Å². The molecule has 0 radical (unpaired) electrons. The zero-order chi connectivity index (χ0) is 18.5. The number of hydrogen-bond donors (Lipinski definition) is 1. The van der Waals surface area contributed by atoms with Crippen molar-refractivity contribution < 1.29 is 4.79 Å². The molecule has 0 aliphatic carbocycles. The van der Waals surface area contributed by atoms with Crippen molar-refractivity contribution in [2.45, 2.75) is 25.4 Å². The van der Waals surface area contributed by atoms with Gasteiger partial charge in [-0.3, -0.25) is 4.79 Å². The highest BCUT2D eigenvalue weighted by molar-refractivity contribution is 6.35. The van der Waals surface area contributed by atoms with Crippen LogP contribution in [0.1, 0.15) is 30.1 Å². The fourth-order valence-corrected chi connectivity index (χ4v) is 3.27. The van der Waals surface area contributed by atoms with Gasteiger partial charge in [0.1, 0.15) is 12.4 Å². The van der Waals surface area contributed by atoms with Crippen LogP contribution in [0.25, 0.3) is 0 Å². The van der Waals surface area contributed by atoms with E-state index in [1.807, 2.05) is 37.3 Å². The second-order valence-corrected chi connectivity index (χ2v) is 6.74. The molecule has 0 aliphatic heterocycles.